The highest BCUT2D eigenvalue weighted by atomic mass is 16.2. The zero-order valence-electron chi connectivity index (χ0n) is 10.2. The molecule has 2 aromatic rings. The summed E-state index contributed by atoms with van der Waals surface area (Å²) in [7, 11) is 0. The van der Waals surface area contributed by atoms with Crippen LogP contribution in [0.3, 0.4) is 0 Å². The van der Waals surface area contributed by atoms with Crippen LogP contribution >= 0.6 is 0 Å². The second kappa shape index (κ2) is 5.35. The van der Waals surface area contributed by atoms with E-state index in [-0.39, 0.29) is 12.5 Å². The van der Waals surface area contributed by atoms with Crippen molar-refractivity contribution in [3.05, 3.63) is 30.2 Å². The number of aryl methyl sites for hydroxylation is 1. The normalized spacial score (nSPS) is 10.5. The summed E-state index contributed by atoms with van der Waals surface area (Å²) in [5.41, 5.74) is 6.53. The number of anilines is 1. The molecule has 7 heteroatoms. The van der Waals surface area contributed by atoms with Gasteiger partial charge in [-0.05, 0) is 19.1 Å². The minimum atomic E-state index is -0.0945. The van der Waals surface area contributed by atoms with Gasteiger partial charge in [0.1, 0.15) is 12.4 Å². The van der Waals surface area contributed by atoms with Gasteiger partial charge in [0.2, 0.25) is 5.91 Å². The number of rotatable bonds is 5. The number of nitrogens with two attached hydrogens (primary N) is 1. The predicted molar refractivity (Wildman–Crippen MR) is 66.6 cm³/mol. The van der Waals surface area contributed by atoms with Crippen molar-refractivity contribution in [1.82, 2.24) is 24.9 Å². The van der Waals surface area contributed by atoms with Gasteiger partial charge in [0.15, 0.2) is 0 Å². The third-order valence-electron chi connectivity index (χ3n) is 2.54. The number of carbonyl (C=O) groups excluding carboxylic acids is 1. The number of amides is 1. The third kappa shape index (κ3) is 3.09. The van der Waals surface area contributed by atoms with E-state index >= 15 is 0 Å². The van der Waals surface area contributed by atoms with Crippen molar-refractivity contribution in [3.8, 4) is 0 Å². The quantitative estimate of drug-likeness (QED) is 0.765. The number of nitrogens with one attached hydrogen (secondary N) is 1. The Hall–Kier alpha value is -2.31. The summed E-state index contributed by atoms with van der Waals surface area (Å²) in [6, 6.07) is 3.58. The van der Waals surface area contributed by atoms with Gasteiger partial charge in [-0.1, -0.05) is 0 Å². The summed E-state index contributed by atoms with van der Waals surface area (Å²) in [5, 5.41) is 10.9. The van der Waals surface area contributed by atoms with Crippen molar-refractivity contribution in [3.63, 3.8) is 0 Å². The highest BCUT2D eigenvalue weighted by molar-refractivity contribution is 5.75. The maximum absolute atomic E-state index is 11.6. The van der Waals surface area contributed by atoms with Gasteiger partial charge in [-0.15, -0.1) is 0 Å². The van der Waals surface area contributed by atoms with Crippen molar-refractivity contribution in [2.24, 2.45) is 0 Å². The van der Waals surface area contributed by atoms with Gasteiger partial charge in [0, 0.05) is 24.6 Å². The fourth-order valence-corrected chi connectivity index (χ4v) is 1.60. The largest absolute Gasteiger partial charge is 0.382 e. The van der Waals surface area contributed by atoms with E-state index < -0.39 is 0 Å². The SMILES string of the molecule is Cc1ccnn1CCNC(=O)Cn1ccc(N)n1. The van der Waals surface area contributed by atoms with Crippen LogP contribution in [0.5, 0.6) is 0 Å². The van der Waals surface area contributed by atoms with Crippen LogP contribution in [0, 0.1) is 6.92 Å². The van der Waals surface area contributed by atoms with Gasteiger partial charge < -0.3 is 11.1 Å². The van der Waals surface area contributed by atoms with Crippen LogP contribution in [0.1, 0.15) is 5.69 Å². The molecule has 0 bridgehead atoms. The average molecular weight is 248 g/mol. The van der Waals surface area contributed by atoms with Gasteiger partial charge in [-0.3, -0.25) is 14.2 Å². The third-order valence-corrected chi connectivity index (χ3v) is 2.54. The van der Waals surface area contributed by atoms with Crippen LogP contribution in [0.4, 0.5) is 5.82 Å². The molecule has 0 radical (unpaired) electrons. The molecule has 0 spiro atoms. The van der Waals surface area contributed by atoms with E-state index in [2.05, 4.69) is 15.5 Å². The van der Waals surface area contributed by atoms with Crippen LogP contribution in [0.25, 0.3) is 0 Å². The Morgan fingerprint density at radius 2 is 2.33 bits per heavy atom. The highest BCUT2D eigenvalue weighted by Crippen LogP contribution is 1.96. The Bertz CT molecular complexity index is 529. The van der Waals surface area contributed by atoms with E-state index in [1.54, 1.807) is 18.5 Å². The first-order chi connectivity index (χ1) is 8.65. The number of carbonyl (C=O) groups is 1. The Labute approximate surface area is 105 Å². The van der Waals surface area contributed by atoms with E-state index in [1.165, 1.54) is 4.68 Å². The minimum Gasteiger partial charge on any atom is -0.382 e. The summed E-state index contributed by atoms with van der Waals surface area (Å²) in [6.45, 7) is 3.35. The van der Waals surface area contributed by atoms with Crippen LogP contribution in [0.2, 0.25) is 0 Å². The number of hydrogen-bond acceptors (Lipinski definition) is 4. The van der Waals surface area contributed by atoms with Crippen molar-refractivity contribution < 1.29 is 4.79 Å². The molecule has 0 aromatic carbocycles. The molecule has 0 aliphatic heterocycles. The molecule has 0 aliphatic rings. The molecule has 0 unspecified atom stereocenters. The summed E-state index contributed by atoms with van der Waals surface area (Å²) >= 11 is 0. The predicted octanol–water partition coefficient (Wildman–Crippen LogP) is -0.213. The molecular formula is C11H16N6O. The van der Waals surface area contributed by atoms with Crippen molar-refractivity contribution in [2.75, 3.05) is 12.3 Å². The fourth-order valence-electron chi connectivity index (χ4n) is 1.60. The maximum atomic E-state index is 11.6. The summed E-state index contributed by atoms with van der Waals surface area (Å²) in [4.78, 5) is 11.6. The lowest BCUT2D eigenvalue weighted by atomic mass is 10.4. The first-order valence-electron chi connectivity index (χ1n) is 5.69. The van der Waals surface area contributed by atoms with Crippen LogP contribution in [-0.4, -0.2) is 32.0 Å². The first kappa shape index (κ1) is 12.2. The van der Waals surface area contributed by atoms with Gasteiger partial charge in [0.05, 0.1) is 6.54 Å². The maximum Gasteiger partial charge on any atom is 0.241 e. The zero-order chi connectivity index (χ0) is 13.0. The molecule has 3 N–H and O–H groups in total. The second-order valence-corrected chi connectivity index (χ2v) is 3.98. The average Bonchev–Trinajstić information content (AvgIpc) is 2.89. The van der Waals surface area contributed by atoms with Gasteiger partial charge >= 0.3 is 0 Å². The Morgan fingerprint density at radius 1 is 1.50 bits per heavy atom. The number of nitrogen functional groups attached to an aromatic ring is 1. The van der Waals surface area contributed by atoms with E-state index in [9.17, 15) is 4.79 Å². The van der Waals surface area contributed by atoms with E-state index in [1.807, 2.05) is 17.7 Å². The van der Waals surface area contributed by atoms with E-state index in [4.69, 9.17) is 5.73 Å². The standard InChI is InChI=1S/C11H16N6O/c1-9-2-4-14-17(9)7-5-13-11(18)8-16-6-3-10(12)15-16/h2-4,6H,5,7-8H2,1H3,(H2,12,15)(H,13,18). The lowest BCUT2D eigenvalue weighted by Crippen LogP contribution is -2.31. The summed E-state index contributed by atoms with van der Waals surface area (Å²) in [6.07, 6.45) is 3.41. The molecule has 2 heterocycles. The Morgan fingerprint density at radius 3 is 2.94 bits per heavy atom. The number of aromatic nitrogens is 4. The van der Waals surface area contributed by atoms with Gasteiger partial charge in [-0.25, -0.2) is 0 Å². The van der Waals surface area contributed by atoms with Gasteiger partial charge in [0.25, 0.3) is 0 Å². The van der Waals surface area contributed by atoms with E-state index in [0.29, 0.717) is 18.9 Å². The lowest BCUT2D eigenvalue weighted by molar-refractivity contribution is -0.121. The summed E-state index contributed by atoms with van der Waals surface area (Å²) < 4.78 is 3.34. The van der Waals surface area contributed by atoms with Crippen molar-refractivity contribution in [1.29, 1.82) is 0 Å². The van der Waals surface area contributed by atoms with Crippen LogP contribution < -0.4 is 11.1 Å². The molecular weight excluding hydrogens is 232 g/mol. The van der Waals surface area contributed by atoms with Crippen LogP contribution in [-0.2, 0) is 17.9 Å². The number of hydrogen-bond donors (Lipinski definition) is 2. The zero-order valence-corrected chi connectivity index (χ0v) is 10.2. The molecule has 2 rings (SSSR count). The van der Waals surface area contributed by atoms with Crippen molar-refractivity contribution in [2.45, 2.75) is 20.0 Å². The first-order valence-corrected chi connectivity index (χ1v) is 5.69. The molecule has 0 aliphatic carbocycles. The lowest BCUT2D eigenvalue weighted by Gasteiger charge is -2.07. The molecule has 0 atom stereocenters. The molecule has 96 valence electrons. The smallest absolute Gasteiger partial charge is 0.241 e. The Balaban J connectivity index is 1.74. The highest BCUT2D eigenvalue weighted by Gasteiger charge is 2.04. The molecule has 1 amide bonds. The Kier molecular flexibility index (Phi) is 3.61. The molecule has 7 nitrogen and oxygen atoms in total. The fraction of sp³-hybridized carbons (Fsp3) is 0.364. The topological polar surface area (TPSA) is 90.8 Å². The van der Waals surface area contributed by atoms with Crippen molar-refractivity contribution >= 4 is 11.7 Å². The summed E-state index contributed by atoms with van der Waals surface area (Å²) in [5.74, 6) is 0.317. The number of nitrogens with zero attached hydrogens (tertiary/aromatic N) is 4. The molecule has 0 fully saturated rings. The van der Waals surface area contributed by atoms with Gasteiger partial charge in [-0.2, -0.15) is 10.2 Å². The molecule has 2 aromatic heterocycles. The molecule has 18 heavy (non-hydrogen) atoms. The minimum absolute atomic E-state index is 0.0945. The second-order valence-electron chi connectivity index (χ2n) is 3.98. The van der Waals surface area contributed by atoms with Crippen LogP contribution in [0.15, 0.2) is 24.5 Å². The molecule has 0 saturated carbocycles. The monoisotopic (exact) mass is 248 g/mol. The molecule has 0 saturated heterocycles. The van der Waals surface area contributed by atoms with E-state index in [0.717, 1.165) is 5.69 Å².